The van der Waals surface area contributed by atoms with Crippen LogP contribution in [-0.4, -0.2) is 28.9 Å². The van der Waals surface area contributed by atoms with Gasteiger partial charge in [-0.2, -0.15) is 0 Å². The number of carbonyl (C=O) groups is 1. The molecule has 0 spiro atoms. The average molecular weight is 266 g/mol. The van der Waals surface area contributed by atoms with E-state index in [1.165, 1.54) is 0 Å². The van der Waals surface area contributed by atoms with Crippen LogP contribution >= 0.6 is 0 Å². The van der Waals surface area contributed by atoms with E-state index in [9.17, 15) is 9.18 Å². The molecule has 0 aromatic heterocycles. The number of fused-ring (bicyclic) bond motifs is 1. The molecule has 4 heteroatoms. The first-order valence-electron chi connectivity index (χ1n) is 7.40. The summed E-state index contributed by atoms with van der Waals surface area (Å²) < 4.78 is 13.9. The third kappa shape index (κ3) is 1.83. The van der Waals surface area contributed by atoms with Gasteiger partial charge in [0.2, 0.25) is 5.91 Å². The lowest BCUT2D eigenvalue weighted by molar-refractivity contribution is -0.137. The SMILES string of the molecule is C=C(F)C1([C@H](N)C(=O)N2C(C)CC3CC32)CCCC1. The number of amides is 1. The van der Waals surface area contributed by atoms with Gasteiger partial charge in [-0.1, -0.05) is 19.4 Å². The van der Waals surface area contributed by atoms with Crippen LogP contribution in [0.4, 0.5) is 4.39 Å². The normalized spacial score (nSPS) is 37.0. The van der Waals surface area contributed by atoms with Gasteiger partial charge < -0.3 is 10.6 Å². The van der Waals surface area contributed by atoms with Gasteiger partial charge in [0, 0.05) is 17.5 Å². The summed E-state index contributed by atoms with van der Waals surface area (Å²) in [6.07, 6.45) is 5.37. The standard InChI is InChI=1S/C15H23FN2O/c1-9-7-11-8-12(11)18(9)14(19)13(17)15(10(2)16)5-3-4-6-15/h9,11-13H,2-8,17H2,1H3/t9?,11?,12?,13-/m1/s1. The monoisotopic (exact) mass is 266 g/mol. The van der Waals surface area contributed by atoms with E-state index in [1.54, 1.807) is 0 Å². The minimum absolute atomic E-state index is 0.0572. The minimum atomic E-state index is -0.802. The zero-order valence-electron chi connectivity index (χ0n) is 11.6. The number of nitrogens with zero attached hydrogens (tertiary/aromatic N) is 1. The first-order valence-corrected chi connectivity index (χ1v) is 7.40. The summed E-state index contributed by atoms with van der Waals surface area (Å²) in [5, 5.41) is 0. The Bertz CT molecular complexity index is 414. The number of rotatable bonds is 3. The summed E-state index contributed by atoms with van der Waals surface area (Å²) in [5.41, 5.74) is 5.39. The molecule has 4 atom stereocenters. The molecule has 2 aliphatic carbocycles. The molecule has 2 saturated carbocycles. The molecular formula is C15H23FN2O. The van der Waals surface area contributed by atoms with Crippen molar-refractivity contribution in [2.45, 2.75) is 63.6 Å². The van der Waals surface area contributed by atoms with Crippen molar-refractivity contribution in [2.24, 2.45) is 17.1 Å². The fourth-order valence-corrected chi connectivity index (χ4v) is 4.24. The van der Waals surface area contributed by atoms with Crippen molar-refractivity contribution < 1.29 is 9.18 Å². The summed E-state index contributed by atoms with van der Waals surface area (Å²) >= 11 is 0. The third-order valence-corrected chi connectivity index (χ3v) is 5.51. The molecule has 1 aliphatic heterocycles. The summed E-state index contributed by atoms with van der Waals surface area (Å²) in [7, 11) is 0. The fraction of sp³-hybridized carbons (Fsp3) is 0.800. The maximum Gasteiger partial charge on any atom is 0.240 e. The van der Waals surface area contributed by atoms with Crippen LogP contribution in [0.2, 0.25) is 0 Å². The maximum atomic E-state index is 13.9. The lowest BCUT2D eigenvalue weighted by Gasteiger charge is -2.36. The van der Waals surface area contributed by atoms with Gasteiger partial charge in [-0.15, -0.1) is 0 Å². The lowest BCUT2D eigenvalue weighted by Crippen LogP contribution is -2.54. The third-order valence-electron chi connectivity index (χ3n) is 5.51. The van der Waals surface area contributed by atoms with Crippen LogP contribution in [0.1, 0.15) is 45.4 Å². The Labute approximate surface area is 114 Å². The highest BCUT2D eigenvalue weighted by Gasteiger charge is 2.56. The van der Waals surface area contributed by atoms with Crippen molar-refractivity contribution in [3.63, 3.8) is 0 Å². The van der Waals surface area contributed by atoms with Crippen molar-refractivity contribution >= 4 is 5.91 Å². The molecule has 0 aromatic carbocycles. The highest BCUT2D eigenvalue weighted by Crippen LogP contribution is 2.51. The van der Waals surface area contributed by atoms with Crippen molar-refractivity contribution in [1.82, 2.24) is 4.90 Å². The summed E-state index contributed by atoms with van der Waals surface area (Å²) in [6, 6.07) is -0.122. The number of nitrogens with two attached hydrogens (primary N) is 1. The zero-order chi connectivity index (χ0) is 13.8. The van der Waals surface area contributed by atoms with Crippen LogP contribution in [0.5, 0.6) is 0 Å². The van der Waals surface area contributed by atoms with Crippen LogP contribution in [0.25, 0.3) is 0 Å². The molecular weight excluding hydrogens is 243 g/mol. The summed E-state index contributed by atoms with van der Waals surface area (Å²) in [5.74, 6) is 0.211. The highest BCUT2D eigenvalue weighted by atomic mass is 19.1. The number of carbonyl (C=O) groups excluding carboxylic acids is 1. The van der Waals surface area contributed by atoms with Gasteiger partial charge in [-0.3, -0.25) is 4.79 Å². The molecule has 3 rings (SSSR count). The summed E-state index contributed by atoms with van der Waals surface area (Å²) in [4.78, 5) is 14.6. The van der Waals surface area contributed by atoms with E-state index < -0.39 is 17.3 Å². The van der Waals surface area contributed by atoms with E-state index in [4.69, 9.17) is 5.73 Å². The quantitative estimate of drug-likeness (QED) is 0.852. The van der Waals surface area contributed by atoms with Gasteiger partial charge in [0.15, 0.2) is 0 Å². The predicted octanol–water partition coefficient (Wildman–Crippen LogP) is 2.37. The van der Waals surface area contributed by atoms with Crippen LogP contribution in [0.3, 0.4) is 0 Å². The van der Waals surface area contributed by atoms with Gasteiger partial charge in [0.1, 0.15) is 5.83 Å². The largest absolute Gasteiger partial charge is 0.335 e. The van der Waals surface area contributed by atoms with Crippen LogP contribution in [0, 0.1) is 11.3 Å². The maximum absolute atomic E-state index is 13.9. The molecule has 2 N–H and O–H groups in total. The van der Waals surface area contributed by atoms with Crippen LogP contribution in [0.15, 0.2) is 12.4 Å². The number of hydrogen-bond acceptors (Lipinski definition) is 2. The topological polar surface area (TPSA) is 46.3 Å². The molecule has 1 saturated heterocycles. The van der Waals surface area contributed by atoms with Crippen molar-refractivity contribution in [1.29, 1.82) is 0 Å². The summed E-state index contributed by atoms with van der Waals surface area (Å²) in [6.45, 7) is 5.54. The number of piperidine rings is 1. The second-order valence-electron chi connectivity index (χ2n) is 6.64. The molecule has 106 valence electrons. The fourth-order valence-electron chi connectivity index (χ4n) is 4.24. The smallest absolute Gasteiger partial charge is 0.240 e. The second kappa shape index (κ2) is 4.30. The molecule has 0 aromatic rings. The van der Waals surface area contributed by atoms with Crippen LogP contribution in [-0.2, 0) is 4.79 Å². The highest BCUT2D eigenvalue weighted by molar-refractivity contribution is 5.84. The van der Waals surface area contributed by atoms with Crippen molar-refractivity contribution in [2.75, 3.05) is 0 Å². The zero-order valence-corrected chi connectivity index (χ0v) is 11.6. The van der Waals surface area contributed by atoms with Gasteiger partial charge >= 0.3 is 0 Å². The number of halogens is 1. The second-order valence-corrected chi connectivity index (χ2v) is 6.64. The van der Waals surface area contributed by atoms with E-state index in [2.05, 4.69) is 13.5 Å². The Morgan fingerprint density at radius 1 is 1.42 bits per heavy atom. The van der Waals surface area contributed by atoms with Gasteiger partial charge in [-0.05, 0) is 38.5 Å². The van der Waals surface area contributed by atoms with Gasteiger partial charge in [-0.25, -0.2) is 4.39 Å². The molecule has 3 unspecified atom stereocenters. The molecule has 0 bridgehead atoms. The Morgan fingerprint density at radius 2 is 2.05 bits per heavy atom. The van der Waals surface area contributed by atoms with E-state index >= 15 is 0 Å². The molecule has 3 fully saturated rings. The van der Waals surface area contributed by atoms with E-state index in [0.717, 1.165) is 25.7 Å². The molecule has 1 amide bonds. The van der Waals surface area contributed by atoms with E-state index in [-0.39, 0.29) is 11.9 Å². The molecule has 3 nitrogen and oxygen atoms in total. The van der Waals surface area contributed by atoms with Crippen molar-refractivity contribution in [3.8, 4) is 0 Å². The first-order chi connectivity index (χ1) is 8.97. The Hall–Kier alpha value is -0.900. The Balaban J connectivity index is 1.80. The predicted molar refractivity (Wildman–Crippen MR) is 71.9 cm³/mol. The molecule has 1 heterocycles. The molecule has 19 heavy (non-hydrogen) atoms. The van der Waals surface area contributed by atoms with Crippen molar-refractivity contribution in [3.05, 3.63) is 12.4 Å². The number of hydrogen-bond donors (Lipinski definition) is 1. The van der Waals surface area contributed by atoms with Gasteiger partial charge in [0.05, 0.1) is 6.04 Å². The van der Waals surface area contributed by atoms with E-state index in [1.807, 2.05) is 4.90 Å². The number of likely N-dealkylation sites (tertiary alicyclic amines) is 1. The Kier molecular flexibility index (Phi) is 2.97. The lowest BCUT2D eigenvalue weighted by atomic mass is 9.77. The molecule has 0 radical (unpaired) electrons. The minimum Gasteiger partial charge on any atom is -0.335 e. The molecule has 3 aliphatic rings. The first kappa shape index (κ1) is 13.1. The van der Waals surface area contributed by atoms with Crippen LogP contribution < -0.4 is 5.73 Å². The Morgan fingerprint density at radius 3 is 2.53 bits per heavy atom. The van der Waals surface area contributed by atoms with E-state index in [0.29, 0.717) is 24.8 Å². The average Bonchev–Trinajstić information content (AvgIpc) is 2.83. The van der Waals surface area contributed by atoms with Gasteiger partial charge in [0.25, 0.3) is 0 Å².